The van der Waals surface area contributed by atoms with Gasteiger partial charge in [-0.3, -0.25) is 5.43 Å². The number of hydrogen-bond donors (Lipinski definition) is 1. The maximum Gasteiger partial charge on any atom is 0.146 e. The minimum Gasteiger partial charge on any atom is -0.490 e. The SMILES string of the molecule is C/C(=N/Nc1ccccn1)c1ccc(OCCOc2ccc(Br)cc2)cc1. The molecule has 1 aromatic heterocycles. The third-order valence-electron chi connectivity index (χ3n) is 3.71. The van der Waals surface area contributed by atoms with Gasteiger partial charge in [-0.25, -0.2) is 4.98 Å². The molecule has 138 valence electrons. The molecule has 2 aromatic carbocycles. The smallest absolute Gasteiger partial charge is 0.146 e. The van der Waals surface area contributed by atoms with Gasteiger partial charge in [0.05, 0.1) is 5.71 Å². The van der Waals surface area contributed by atoms with E-state index in [9.17, 15) is 0 Å². The van der Waals surface area contributed by atoms with Crippen LogP contribution in [0.4, 0.5) is 5.82 Å². The van der Waals surface area contributed by atoms with Crippen molar-refractivity contribution in [2.24, 2.45) is 5.10 Å². The lowest BCUT2D eigenvalue weighted by atomic mass is 10.1. The van der Waals surface area contributed by atoms with Crippen molar-refractivity contribution in [3.63, 3.8) is 0 Å². The average molecular weight is 426 g/mol. The molecule has 1 N–H and O–H groups in total. The van der Waals surface area contributed by atoms with Gasteiger partial charge >= 0.3 is 0 Å². The van der Waals surface area contributed by atoms with Crippen LogP contribution in [0.2, 0.25) is 0 Å². The van der Waals surface area contributed by atoms with Gasteiger partial charge in [-0.15, -0.1) is 0 Å². The Morgan fingerprint density at radius 1 is 0.926 bits per heavy atom. The number of aromatic nitrogens is 1. The lowest BCUT2D eigenvalue weighted by Gasteiger charge is -2.09. The third kappa shape index (κ3) is 6.11. The number of nitrogens with one attached hydrogen (secondary N) is 1. The highest BCUT2D eigenvalue weighted by molar-refractivity contribution is 9.10. The second-order valence-electron chi connectivity index (χ2n) is 5.70. The molecule has 1 heterocycles. The molecular formula is C21H20BrN3O2. The van der Waals surface area contributed by atoms with Crippen molar-refractivity contribution in [3.8, 4) is 11.5 Å². The van der Waals surface area contributed by atoms with Crippen molar-refractivity contribution in [1.82, 2.24) is 4.98 Å². The summed E-state index contributed by atoms with van der Waals surface area (Å²) in [5, 5.41) is 4.35. The molecule has 0 spiro atoms. The van der Waals surface area contributed by atoms with E-state index in [2.05, 4.69) is 31.4 Å². The number of nitrogens with zero attached hydrogens (tertiary/aromatic N) is 2. The number of pyridine rings is 1. The topological polar surface area (TPSA) is 55.7 Å². The van der Waals surface area contributed by atoms with E-state index in [4.69, 9.17) is 9.47 Å². The van der Waals surface area contributed by atoms with Crippen LogP contribution in [0, 0.1) is 0 Å². The van der Waals surface area contributed by atoms with E-state index in [-0.39, 0.29) is 0 Å². The summed E-state index contributed by atoms with van der Waals surface area (Å²) in [5.41, 5.74) is 4.82. The maximum atomic E-state index is 5.72. The molecule has 0 aliphatic rings. The number of benzene rings is 2. The Morgan fingerprint density at radius 3 is 2.15 bits per heavy atom. The van der Waals surface area contributed by atoms with Crippen LogP contribution in [-0.4, -0.2) is 23.9 Å². The molecule has 0 atom stereocenters. The fraction of sp³-hybridized carbons (Fsp3) is 0.143. The Morgan fingerprint density at radius 2 is 1.56 bits per heavy atom. The Labute approximate surface area is 167 Å². The first-order valence-corrected chi connectivity index (χ1v) is 9.33. The Hall–Kier alpha value is -2.86. The van der Waals surface area contributed by atoms with Crippen molar-refractivity contribution >= 4 is 27.5 Å². The molecular weight excluding hydrogens is 406 g/mol. The summed E-state index contributed by atoms with van der Waals surface area (Å²) in [5.74, 6) is 2.33. The van der Waals surface area contributed by atoms with Crippen LogP contribution in [0.3, 0.4) is 0 Å². The molecule has 0 bridgehead atoms. The van der Waals surface area contributed by atoms with Gasteiger partial charge in [0.15, 0.2) is 0 Å². The van der Waals surface area contributed by atoms with Crippen molar-refractivity contribution < 1.29 is 9.47 Å². The molecule has 0 amide bonds. The maximum absolute atomic E-state index is 5.72. The van der Waals surface area contributed by atoms with Gasteiger partial charge in [-0.1, -0.05) is 22.0 Å². The lowest BCUT2D eigenvalue weighted by Crippen LogP contribution is -2.09. The molecule has 0 fully saturated rings. The monoisotopic (exact) mass is 425 g/mol. The van der Waals surface area contributed by atoms with Gasteiger partial charge in [-0.2, -0.15) is 5.10 Å². The van der Waals surface area contributed by atoms with Crippen molar-refractivity contribution in [2.45, 2.75) is 6.92 Å². The van der Waals surface area contributed by atoms with E-state index < -0.39 is 0 Å². The highest BCUT2D eigenvalue weighted by atomic mass is 79.9. The lowest BCUT2D eigenvalue weighted by molar-refractivity contribution is 0.217. The number of ether oxygens (including phenoxy) is 2. The first kappa shape index (κ1) is 18.9. The largest absolute Gasteiger partial charge is 0.490 e. The van der Waals surface area contributed by atoms with E-state index in [0.717, 1.165) is 27.2 Å². The molecule has 0 unspecified atom stereocenters. The molecule has 0 saturated heterocycles. The zero-order valence-corrected chi connectivity index (χ0v) is 16.5. The van der Waals surface area contributed by atoms with E-state index >= 15 is 0 Å². The summed E-state index contributed by atoms with van der Waals surface area (Å²) < 4.78 is 12.4. The first-order valence-electron chi connectivity index (χ1n) is 8.54. The molecule has 27 heavy (non-hydrogen) atoms. The zero-order valence-electron chi connectivity index (χ0n) is 14.9. The predicted molar refractivity (Wildman–Crippen MR) is 112 cm³/mol. The number of rotatable bonds is 8. The van der Waals surface area contributed by atoms with Gasteiger partial charge in [0, 0.05) is 10.7 Å². The highest BCUT2D eigenvalue weighted by Crippen LogP contribution is 2.16. The molecule has 0 saturated carbocycles. The van der Waals surface area contributed by atoms with Crippen molar-refractivity contribution in [1.29, 1.82) is 0 Å². The minimum absolute atomic E-state index is 0.476. The molecule has 0 aliphatic carbocycles. The van der Waals surface area contributed by atoms with Crippen LogP contribution in [0.15, 0.2) is 82.5 Å². The number of hydrazone groups is 1. The quantitative estimate of drug-likeness (QED) is 0.308. The third-order valence-corrected chi connectivity index (χ3v) is 4.24. The van der Waals surface area contributed by atoms with Crippen LogP contribution >= 0.6 is 15.9 Å². The first-order chi connectivity index (χ1) is 13.2. The molecule has 3 aromatic rings. The van der Waals surface area contributed by atoms with Crippen LogP contribution in [0.1, 0.15) is 12.5 Å². The van der Waals surface area contributed by atoms with Gasteiger partial charge in [-0.05, 0) is 73.2 Å². The summed E-state index contributed by atoms with van der Waals surface area (Å²) >= 11 is 3.40. The standard InChI is InChI=1S/C21H20BrN3O2/c1-16(24-25-21-4-2-3-13-23-21)17-5-9-19(10-6-17)26-14-15-27-20-11-7-18(22)8-12-20/h2-13H,14-15H2,1H3,(H,23,25)/b24-16-. The van der Waals surface area contributed by atoms with Gasteiger partial charge < -0.3 is 9.47 Å². The Bertz CT molecular complexity index is 866. The van der Waals surface area contributed by atoms with E-state index in [1.54, 1.807) is 6.20 Å². The van der Waals surface area contributed by atoms with Crippen molar-refractivity contribution in [2.75, 3.05) is 18.6 Å². The summed E-state index contributed by atoms with van der Waals surface area (Å²) in [7, 11) is 0. The molecule has 0 aliphatic heterocycles. The van der Waals surface area contributed by atoms with Crippen LogP contribution in [-0.2, 0) is 0 Å². The second kappa shape index (κ2) is 9.73. The van der Waals surface area contributed by atoms with E-state index in [1.807, 2.05) is 73.7 Å². The van der Waals surface area contributed by atoms with Gasteiger partial charge in [0.25, 0.3) is 0 Å². The van der Waals surface area contributed by atoms with Crippen LogP contribution in [0.25, 0.3) is 0 Å². The number of halogens is 1. The highest BCUT2D eigenvalue weighted by Gasteiger charge is 2.00. The number of hydrogen-bond acceptors (Lipinski definition) is 5. The second-order valence-corrected chi connectivity index (χ2v) is 6.61. The molecule has 3 rings (SSSR count). The fourth-order valence-electron chi connectivity index (χ4n) is 2.28. The summed E-state index contributed by atoms with van der Waals surface area (Å²) in [6, 6.07) is 21.2. The molecule has 6 heteroatoms. The summed E-state index contributed by atoms with van der Waals surface area (Å²) in [6.07, 6.45) is 1.72. The Kier molecular flexibility index (Phi) is 6.82. The van der Waals surface area contributed by atoms with E-state index in [1.165, 1.54) is 0 Å². The average Bonchev–Trinajstić information content (AvgIpc) is 2.72. The van der Waals surface area contributed by atoms with Gasteiger partial charge in [0.1, 0.15) is 30.5 Å². The predicted octanol–water partition coefficient (Wildman–Crippen LogP) is 5.14. The normalized spacial score (nSPS) is 11.1. The minimum atomic E-state index is 0.476. The summed E-state index contributed by atoms with van der Waals surface area (Å²) in [6.45, 7) is 2.90. The van der Waals surface area contributed by atoms with Crippen LogP contribution in [0.5, 0.6) is 11.5 Å². The van der Waals surface area contributed by atoms with Crippen LogP contribution < -0.4 is 14.9 Å². The molecule has 5 nitrogen and oxygen atoms in total. The van der Waals surface area contributed by atoms with E-state index in [0.29, 0.717) is 19.0 Å². The van der Waals surface area contributed by atoms with Crippen molar-refractivity contribution in [3.05, 3.63) is 83.0 Å². The Balaban J connectivity index is 1.46. The van der Waals surface area contributed by atoms with Gasteiger partial charge in [0.2, 0.25) is 0 Å². The summed E-state index contributed by atoms with van der Waals surface area (Å²) in [4.78, 5) is 4.17. The zero-order chi connectivity index (χ0) is 18.9. The number of anilines is 1. The molecule has 0 radical (unpaired) electrons. The fourth-order valence-corrected chi connectivity index (χ4v) is 2.54.